The molecule has 1 fully saturated rings. The lowest BCUT2D eigenvalue weighted by Gasteiger charge is -2.40. The third kappa shape index (κ3) is 6.56. The van der Waals surface area contributed by atoms with Gasteiger partial charge in [0.2, 0.25) is 0 Å². The van der Waals surface area contributed by atoms with E-state index >= 15 is 0 Å². The van der Waals surface area contributed by atoms with Gasteiger partial charge in [-0.3, -0.25) is 20.5 Å². The van der Waals surface area contributed by atoms with E-state index in [4.69, 9.17) is 33.7 Å². The lowest BCUT2D eigenvalue weighted by molar-refractivity contribution is -0.122. The molecule has 0 radical (unpaired) electrons. The summed E-state index contributed by atoms with van der Waals surface area (Å²) in [6, 6.07) is 26.0. The second-order valence-electron chi connectivity index (χ2n) is 9.24. The minimum absolute atomic E-state index is 0.157. The molecule has 0 atom stereocenters. The minimum atomic E-state index is -0.438. The van der Waals surface area contributed by atoms with Crippen LogP contribution in [-0.2, 0) is 4.79 Å². The third-order valence-electron chi connectivity index (χ3n) is 6.65. The Bertz CT molecular complexity index is 1400. The number of anilines is 3. The fourth-order valence-electron chi connectivity index (χ4n) is 4.72. The number of nitrogen functional groups attached to an aromatic ring is 1. The van der Waals surface area contributed by atoms with Crippen LogP contribution in [0.1, 0.15) is 17.2 Å². The molecule has 5 rings (SSSR count). The highest BCUT2D eigenvalue weighted by Crippen LogP contribution is 2.32. The molecule has 0 saturated carbocycles. The Hall–Kier alpha value is -4.05. The number of carbonyl (C=O) groups is 1. The van der Waals surface area contributed by atoms with E-state index in [1.54, 1.807) is 18.2 Å². The van der Waals surface area contributed by atoms with E-state index in [2.05, 4.69) is 79.2 Å². The zero-order valence-corrected chi connectivity index (χ0v) is 23.1. The van der Waals surface area contributed by atoms with E-state index in [1.807, 2.05) is 12.1 Å². The van der Waals surface area contributed by atoms with Gasteiger partial charge < -0.3 is 15.4 Å². The maximum atomic E-state index is 12.3. The van der Waals surface area contributed by atoms with Gasteiger partial charge in [0.15, 0.2) is 18.2 Å². The molecule has 0 aliphatic carbocycles. The van der Waals surface area contributed by atoms with E-state index in [1.165, 1.54) is 17.5 Å². The van der Waals surface area contributed by atoms with Crippen molar-refractivity contribution in [3.05, 3.63) is 106 Å². The summed E-state index contributed by atoms with van der Waals surface area (Å²) in [5.41, 5.74) is 14.6. The Labute approximate surface area is 242 Å². The molecule has 1 aliphatic rings. The molecule has 11 heteroatoms. The van der Waals surface area contributed by atoms with Crippen LogP contribution in [0.15, 0.2) is 85.2 Å². The number of piperazine rings is 1. The molecule has 1 aromatic heterocycles. The first kappa shape index (κ1) is 27.5. The fourth-order valence-corrected chi connectivity index (χ4v) is 5.18. The van der Waals surface area contributed by atoms with Crippen molar-refractivity contribution in [1.29, 1.82) is 0 Å². The second kappa shape index (κ2) is 12.9. The van der Waals surface area contributed by atoms with E-state index in [0.717, 1.165) is 26.2 Å². The summed E-state index contributed by atoms with van der Waals surface area (Å²) < 4.78 is 5.46. The molecule has 4 N–H and O–H groups in total. The summed E-state index contributed by atoms with van der Waals surface area (Å²) in [7, 11) is 0. The molecule has 206 valence electrons. The van der Waals surface area contributed by atoms with Crippen LogP contribution in [0.2, 0.25) is 10.0 Å². The quantitative estimate of drug-likeness (QED) is 0.243. The van der Waals surface area contributed by atoms with Crippen molar-refractivity contribution in [1.82, 2.24) is 20.3 Å². The number of nitrogens with two attached hydrogens (primary N) is 1. The minimum Gasteiger partial charge on any atom is -0.482 e. The van der Waals surface area contributed by atoms with Crippen molar-refractivity contribution < 1.29 is 9.53 Å². The largest absolute Gasteiger partial charge is 0.482 e. The molecule has 0 spiro atoms. The van der Waals surface area contributed by atoms with Crippen LogP contribution in [0.25, 0.3) is 0 Å². The smallest absolute Gasteiger partial charge is 0.276 e. The standard InChI is InChI=1S/C29H29Cl2N7O2/c30-22-11-12-24(23(31)17-22)40-18-25(39)35-36-28-26(32)29(34-19-33-28)38-15-13-37(14-16-38)27(20-7-3-1-4-8-20)21-9-5-2-6-10-21/h1-12,17,19,27H,13-16,18,32H2,(H,35,39)(H,33,34,36). The number of ether oxygens (including phenoxy) is 1. The molecule has 1 saturated heterocycles. The molecular formula is C29H29Cl2N7O2. The monoisotopic (exact) mass is 577 g/mol. The zero-order valence-electron chi connectivity index (χ0n) is 21.6. The van der Waals surface area contributed by atoms with Gasteiger partial charge in [0, 0.05) is 31.2 Å². The van der Waals surface area contributed by atoms with E-state index in [0.29, 0.717) is 33.1 Å². The lowest BCUT2D eigenvalue weighted by atomic mass is 9.96. The summed E-state index contributed by atoms with van der Waals surface area (Å²) in [5.74, 6) is 0.835. The number of nitrogens with zero attached hydrogens (tertiary/aromatic N) is 4. The molecular weight excluding hydrogens is 549 g/mol. The zero-order chi connectivity index (χ0) is 27.9. The first-order valence-electron chi connectivity index (χ1n) is 12.8. The summed E-state index contributed by atoms with van der Waals surface area (Å²) >= 11 is 12.0. The van der Waals surface area contributed by atoms with Crippen LogP contribution in [-0.4, -0.2) is 53.6 Å². The lowest BCUT2D eigenvalue weighted by Crippen LogP contribution is -2.48. The molecule has 1 amide bonds. The molecule has 40 heavy (non-hydrogen) atoms. The van der Waals surface area contributed by atoms with Gasteiger partial charge in [-0.25, -0.2) is 9.97 Å². The number of hydrogen-bond donors (Lipinski definition) is 3. The summed E-state index contributed by atoms with van der Waals surface area (Å²) in [6.45, 7) is 2.85. The average Bonchev–Trinajstić information content (AvgIpc) is 2.98. The molecule has 0 bridgehead atoms. The van der Waals surface area contributed by atoms with Crippen molar-refractivity contribution in [3.63, 3.8) is 0 Å². The second-order valence-corrected chi connectivity index (χ2v) is 10.1. The van der Waals surface area contributed by atoms with Crippen LogP contribution < -0.4 is 26.2 Å². The first-order valence-corrected chi connectivity index (χ1v) is 13.6. The van der Waals surface area contributed by atoms with Gasteiger partial charge in [0.1, 0.15) is 17.8 Å². The Balaban J connectivity index is 1.20. The van der Waals surface area contributed by atoms with Crippen molar-refractivity contribution in [3.8, 4) is 5.75 Å². The highest BCUT2D eigenvalue weighted by atomic mass is 35.5. The Morgan fingerprint density at radius 1 is 0.925 bits per heavy atom. The van der Waals surface area contributed by atoms with Gasteiger partial charge in [-0.1, -0.05) is 83.9 Å². The van der Waals surface area contributed by atoms with Crippen LogP contribution in [0.3, 0.4) is 0 Å². The summed E-state index contributed by atoms with van der Waals surface area (Å²) in [5, 5.41) is 0.795. The number of benzene rings is 3. The number of carbonyl (C=O) groups excluding carboxylic acids is 1. The van der Waals surface area contributed by atoms with Crippen molar-refractivity contribution >= 4 is 46.4 Å². The van der Waals surface area contributed by atoms with E-state index < -0.39 is 5.91 Å². The van der Waals surface area contributed by atoms with Crippen LogP contribution in [0, 0.1) is 0 Å². The molecule has 9 nitrogen and oxygen atoms in total. The number of amides is 1. The predicted molar refractivity (Wildman–Crippen MR) is 159 cm³/mol. The summed E-state index contributed by atoms with van der Waals surface area (Å²) in [6.07, 6.45) is 1.42. The van der Waals surface area contributed by atoms with Crippen molar-refractivity contribution in [2.45, 2.75) is 6.04 Å². The molecule has 1 aliphatic heterocycles. The maximum Gasteiger partial charge on any atom is 0.276 e. The fraction of sp³-hybridized carbons (Fsp3) is 0.207. The van der Waals surface area contributed by atoms with Gasteiger partial charge in [-0.05, 0) is 29.3 Å². The molecule has 2 heterocycles. The Morgan fingerprint density at radius 2 is 1.57 bits per heavy atom. The van der Waals surface area contributed by atoms with Crippen LogP contribution in [0.4, 0.5) is 17.3 Å². The van der Waals surface area contributed by atoms with Crippen molar-refractivity contribution in [2.75, 3.05) is 48.8 Å². The molecule has 3 aromatic carbocycles. The van der Waals surface area contributed by atoms with Crippen LogP contribution >= 0.6 is 23.2 Å². The molecule has 0 unspecified atom stereocenters. The number of halogens is 2. The Morgan fingerprint density at radius 3 is 2.20 bits per heavy atom. The number of hydrogen-bond acceptors (Lipinski definition) is 8. The first-order chi connectivity index (χ1) is 19.5. The normalized spacial score (nSPS) is 13.7. The maximum absolute atomic E-state index is 12.3. The highest BCUT2D eigenvalue weighted by Gasteiger charge is 2.28. The van der Waals surface area contributed by atoms with Gasteiger partial charge >= 0.3 is 0 Å². The van der Waals surface area contributed by atoms with Crippen LogP contribution in [0.5, 0.6) is 5.75 Å². The van der Waals surface area contributed by atoms with Gasteiger partial charge in [0.05, 0.1) is 11.1 Å². The number of nitrogens with one attached hydrogen (secondary N) is 2. The third-order valence-corrected chi connectivity index (χ3v) is 7.18. The topological polar surface area (TPSA) is 109 Å². The van der Waals surface area contributed by atoms with Gasteiger partial charge in [0.25, 0.3) is 5.91 Å². The van der Waals surface area contributed by atoms with Gasteiger partial charge in [-0.15, -0.1) is 0 Å². The van der Waals surface area contributed by atoms with E-state index in [-0.39, 0.29) is 12.6 Å². The SMILES string of the molecule is Nc1c(NNC(=O)COc2ccc(Cl)cc2Cl)ncnc1N1CCN(C(c2ccccc2)c2ccccc2)CC1. The van der Waals surface area contributed by atoms with E-state index in [9.17, 15) is 4.79 Å². The Kier molecular flexibility index (Phi) is 8.85. The number of aromatic nitrogens is 2. The van der Waals surface area contributed by atoms with Gasteiger partial charge in [-0.2, -0.15) is 0 Å². The number of hydrazine groups is 1. The summed E-state index contributed by atoms with van der Waals surface area (Å²) in [4.78, 5) is 25.6. The highest BCUT2D eigenvalue weighted by molar-refractivity contribution is 6.35. The molecule has 4 aromatic rings. The van der Waals surface area contributed by atoms with Crippen molar-refractivity contribution in [2.24, 2.45) is 0 Å². The number of rotatable bonds is 9. The average molecular weight is 579 g/mol. The predicted octanol–water partition coefficient (Wildman–Crippen LogP) is 4.80.